The summed E-state index contributed by atoms with van der Waals surface area (Å²) in [5.41, 5.74) is 0.394. The Kier molecular flexibility index (Phi) is 6.01. The highest BCUT2D eigenvalue weighted by Crippen LogP contribution is 2.31. The molecular weight excluding hydrogens is 313 g/mol. The van der Waals surface area contributed by atoms with E-state index in [1.54, 1.807) is 43.4 Å². The molecule has 0 aliphatic carbocycles. The van der Waals surface area contributed by atoms with Gasteiger partial charge in [0.2, 0.25) is 0 Å². The van der Waals surface area contributed by atoms with Gasteiger partial charge in [-0.2, -0.15) is 0 Å². The highest BCUT2D eigenvalue weighted by molar-refractivity contribution is 5.97. The van der Waals surface area contributed by atoms with Gasteiger partial charge in [0.15, 0.2) is 23.1 Å². The van der Waals surface area contributed by atoms with Gasteiger partial charge in [-0.15, -0.1) is 0 Å². The predicted molar refractivity (Wildman–Crippen MR) is 88.4 cm³/mol. The number of likely N-dealkylation sites (N-methyl/N-ethyl adjacent to an activating group) is 1. The van der Waals surface area contributed by atoms with Crippen molar-refractivity contribution in [3.8, 4) is 17.2 Å². The number of hydrogen-bond donors (Lipinski definition) is 0. The van der Waals surface area contributed by atoms with Gasteiger partial charge in [0.1, 0.15) is 6.61 Å². The first-order valence-corrected chi connectivity index (χ1v) is 7.42. The van der Waals surface area contributed by atoms with E-state index in [2.05, 4.69) is 0 Å². The minimum atomic E-state index is -0.430. The summed E-state index contributed by atoms with van der Waals surface area (Å²) in [6.07, 6.45) is 0. The Morgan fingerprint density at radius 1 is 1.04 bits per heavy atom. The average molecular weight is 333 g/mol. The lowest BCUT2D eigenvalue weighted by atomic mass is 10.1. The highest BCUT2D eigenvalue weighted by atomic mass is 19.1. The SMILES string of the molecule is COc1cccc(C(=O)N(C)CCOc2ccccc2F)c1OC. The molecule has 0 heterocycles. The van der Waals surface area contributed by atoms with Crippen molar-refractivity contribution in [2.24, 2.45) is 0 Å². The highest BCUT2D eigenvalue weighted by Gasteiger charge is 2.19. The van der Waals surface area contributed by atoms with Gasteiger partial charge in [-0.1, -0.05) is 18.2 Å². The van der Waals surface area contributed by atoms with Crippen LogP contribution >= 0.6 is 0 Å². The molecular formula is C18H20FNO4. The van der Waals surface area contributed by atoms with Gasteiger partial charge in [-0.25, -0.2) is 4.39 Å². The van der Waals surface area contributed by atoms with Crippen LogP contribution in [-0.4, -0.2) is 45.2 Å². The number of rotatable bonds is 7. The van der Waals surface area contributed by atoms with Crippen LogP contribution in [0.2, 0.25) is 0 Å². The van der Waals surface area contributed by atoms with Crippen molar-refractivity contribution in [1.29, 1.82) is 0 Å². The molecule has 0 bridgehead atoms. The molecule has 1 amide bonds. The fourth-order valence-corrected chi connectivity index (χ4v) is 2.22. The minimum absolute atomic E-state index is 0.164. The topological polar surface area (TPSA) is 48.0 Å². The van der Waals surface area contributed by atoms with Crippen LogP contribution in [0.4, 0.5) is 4.39 Å². The number of methoxy groups -OCH3 is 2. The molecule has 0 N–H and O–H groups in total. The number of benzene rings is 2. The Morgan fingerprint density at radius 3 is 2.42 bits per heavy atom. The summed E-state index contributed by atoms with van der Waals surface area (Å²) in [5, 5.41) is 0. The zero-order valence-electron chi connectivity index (χ0n) is 13.9. The fourth-order valence-electron chi connectivity index (χ4n) is 2.22. The summed E-state index contributed by atoms with van der Waals surface area (Å²) < 4.78 is 29.3. The normalized spacial score (nSPS) is 10.2. The molecule has 0 aliphatic heterocycles. The van der Waals surface area contributed by atoms with Crippen LogP contribution in [0, 0.1) is 5.82 Å². The molecule has 24 heavy (non-hydrogen) atoms. The number of carbonyl (C=O) groups is 1. The van der Waals surface area contributed by atoms with Crippen molar-refractivity contribution in [2.75, 3.05) is 34.4 Å². The van der Waals surface area contributed by atoms with Crippen LogP contribution in [0.15, 0.2) is 42.5 Å². The van der Waals surface area contributed by atoms with Crippen molar-refractivity contribution in [3.05, 3.63) is 53.8 Å². The van der Waals surface area contributed by atoms with E-state index >= 15 is 0 Å². The largest absolute Gasteiger partial charge is 0.493 e. The maximum Gasteiger partial charge on any atom is 0.257 e. The molecule has 0 unspecified atom stereocenters. The Hall–Kier alpha value is -2.76. The third-order valence-electron chi connectivity index (χ3n) is 3.50. The van der Waals surface area contributed by atoms with E-state index < -0.39 is 5.82 Å². The van der Waals surface area contributed by atoms with Gasteiger partial charge in [-0.05, 0) is 24.3 Å². The van der Waals surface area contributed by atoms with E-state index in [0.29, 0.717) is 23.6 Å². The molecule has 128 valence electrons. The smallest absolute Gasteiger partial charge is 0.257 e. The molecule has 5 nitrogen and oxygen atoms in total. The molecule has 0 saturated heterocycles. The van der Waals surface area contributed by atoms with E-state index in [-0.39, 0.29) is 18.3 Å². The molecule has 0 saturated carbocycles. The van der Waals surface area contributed by atoms with Crippen molar-refractivity contribution in [3.63, 3.8) is 0 Å². The van der Waals surface area contributed by atoms with E-state index in [0.717, 1.165) is 0 Å². The Balaban J connectivity index is 2.01. The number of ether oxygens (including phenoxy) is 3. The molecule has 2 rings (SSSR count). The van der Waals surface area contributed by atoms with Crippen molar-refractivity contribution in [2.45, 2.75) is 0 Å². The van der Waals surface area contributed by atoms with Crippen LogP contribution in [0.25, 0.3) is 0 Å². The summed E-state index contributed by atoms with van der Waals surface area (Å²) in [6, 6.07) is 11.3. The van der Waals surface area contributed by atoms with Gasteiger partial charge in [0, 0.05) is 7.05 Å². The quantitative estimate of drug-likeness (QED) is 0.781. The second-order valence-corrected chi connectivity index (χ2v) is 5.05. The first-order valence-electron chi connectivity index (χ1n) is 7.42. The van der Waals surface area contributed by atoms with E-state index in [9.17, 15) is 9.18 Å². The van der Waals surface area contributed by atoms with Gasteiger partial charge < -0.3 is 19.1 Å². The number of carbonyl (C=O) groups excluding carboxylic acids is 1. The van der Waals surface area contributed by atoms with Crippen molar-refractivity contribution < 1.29 is 23.4 Å². The maximum absolute atomic E-state index is 13.5. The second-order valence-electron chi connectivity index (χ2n) is 5.05. The summed E-state index contributed by atoms with van der Waals surface area (Å²) in [7, 11) is 4.64. The first kappa shape index (κ1) is 17.6. The van der Waals surface area contributed by atoms with Gasteiger partial charge in [-0.3, -0.25) is 4.79 Å². The molecule has 0 aliphatic rings. The molecule has 0 spiro atoms. The zero-order valence-corrected chi connectivity index (χ0v) is 13.9. The molecule has 0 atom stereocenters. The summed E-state index contributed by atoms with van der Waals surface area (Å²) in [5.74, 6) is 0.368. The van der Waals surface area contributed by atoms with Crippen LogP contribution in [0.5, 0.6) is 17.2 Å². The number of hydrogen-bond acceptors (Lipinski definition) is 4. The van der Waals surface area contributed by atoms with E-state index in [1.807, 2.05) is 0 Å². The number of halogens is 1. The minimum Gasteiger partial charge on any atom is -0.493 e. The average Bonchev–Trinajstić information content (AvgIpc) is 2.61. The lowest BCUT2D eigenvalue weighted by molar-refractivity contribution is 0.0769. The van der Waals surface area contributed by atoms with Crippen LogP contribution in [0.1, 0.15) is 10.4 Å². The second kappa shape index (κ2) is 8.19. The number of nitrogens with zero attached hydrogens (tertiary/aromatic N) is 1. The molecule has 0 fully saturated rings. The van der Waals surface area contributed by atoms with Gasteiger partial charge >= 0.3 is 0 Å². The Labute approximate surface area is 140 Å². The third kappa shape index (κ3) is 3.95. The standard InChI is InChI=1S/C18H20FNO4/c1-20(11-12-24-15-9-5-4-8-14(15)19)18(21)13-7-6-10-16(22-2)17(13)23-3/h4-10H,11-12H2,1-3H3. The van der Waals surface area contributed by atoms with Crippen molar-refractivity contribution >= 4 is 5.91 Å². The first-order chi connectivity index (χ1) is 11.6. The maximum atomic E-state index is 13.5. The van der Waals surface area contributed by atoms with E-state index in [4.69, 9.17) is 14.2 Å². The molecule has 2 aromatic rings. The zero-order chi connectivity index (χ0) is 17.5. The Bertz CT molecular complexity index is 705. The summed E-state index contributed by atoms with van der Waals surface area (Å²) in [6.45, 7) is 0.475. The Morgan fingerprint density at radius 2 is 1.75 bits per heavy atom. The molecule has 6 heteroatoms. The molecule has 2 aromatic carbocycles. The lowest BCUT2D eigenvalue weighted by Crippen LogP contribution is -2.31. The van der Waals surface area contributed by atoms with E-state index in [1.165, 1.54) is 25.2 Å². The number of para-hydroxylation sites is 2. The summed E-state index contributed by atoms with van der Waals surface area (Å²) >= 11 is 0. The monoisotopic (exact) mass is 333 g/mol. The summed E-state index contributed by atoms with van der Waals surface area (Å²) in [4.78, 5) is 14.0. The van der Waals surface area contributed by atoms with Gasteiger partial charge in [0.05, 0.1) is 26.3 Å². The lowest BCUT2D eigenvalue weighted by Gasteiger charge is -2.20. The van der Waals surface area contributed by atoms with Crippen LogP contribution in [0.3, 0.4) is 0 Å². The van der Waals surface area contributed by atoms with Crippen LogP contribution in [-0.2, 0) is 0 Å². The predicted octanol–water partition coefficient (Wildman–Crippen LogP) is 2.99. The molecule has 0 radical (unpaired) electrons. The molecule has 0 aromatic heterocycles. The third-order valence-corrected chi connectivity index (χ3v) is 3.50. The van der Waals surface area contributed by atoms with Crippen LogP contribution < -0.4 is 14.2 Å². The van der Waals surface area contributed by atoms with Gasteiger partial charge in [0.25, 0.3) is 5.91 Å². The fraction of sp³-hybridized carbons (Fsp3) is 0.278. The van der Waals surface area contributed by atoms with Crippen molar-refractivity contribution in [1.82, 2.24) is 4.90 Å². The number of amides is 1.